The summed E-state index contributed by atoms with van der Waals surface area (Å²) in [5.41, 5.74) is 1.22. The second-order valence-electron chi connectivity index (χ2n) is 2.87. The highest BCUT2D eigenvalue weighted by Gasteiger charge is 2.08. The number of aromatic nitrogens is 1. The van der Waals surface area contributed by atoms with Crippen LogP contribution in [0.2, 0.25) is 0 Å². The summed E-state index contributed by atoms with van der Waals surface area (Å²) in [6, 6.07) is 0. The maximum Gasteiger partial charge on any atom is 0.182 e. The molecule has 11 heavy (non-hydrogen) atoms. The Bertz CT molecular complexity index is 240. The van der Waals surface area contributed by atoms with Crippen LogP contribution in [0.5, 0.6) is 0 Å². The van der Waals surface area contributed by atoms with Gasteiger partial charge in [0.15, 0.2) is 5.13 Å². The summed E-state index contributed by atoms with van der Waals surface area (Å²) >= 11 is 1.72. The van der Waals surface area contributed by atoms with Crippen molar-refractivity contribution in [2.75, 3.05) is 12.4 Å². The molecule has 0 bridgehead atoms. The molecule has 0 spiro atoms. The predicted molar refractivity (Wildman–Crippen MR) is 50.5 cm³/mol. The van der Waals surface area contributed by atoms with Crippen LogP contribution in [0.15, 0.2) is 0 Å². The van der Waals surface area contributed by atoms with Gasteiger partial charge >= 0.3 is 0 Å². The van der Waals surface area contributed by atoms with Crippen molar-refractivity contribution in [2.24, 2.45) is 0 Å². The van der Waals surface area contributed by atoms with E-state index in [1.54, 1.807) is 11.3 Å². The minimum Gasteiger partial charge on any atom is -0.365 e. The van der Waals surface area contributed by atoms with E-state index in [-0.39, 0.29) is 0 Å². The molecule has 0 atom stereocenters. The maximum atomic E-state index is 4.44. The van der Waals surface area contributed by atoms with Crippen molar-refractivity contribution in [3.05, 3.63) is 10.6 Å². The lowest BCUT2D eigenvalue weighted by atomic mass is 10.1. The highest BCUT2D eigenvalue weighted by Crippen LogP contribution is 2.26. The number of aryl methyl sites for hydroxylation is 1. The lowest BCUT2D eigenvalue weighted by Crippen LogP contribution is -1.91. The third-order valence-electron chi connectivity index (χ3n) is 1.59. The maximum absolute atomic E-state index is 4.44. The zero-order chi connectivity index (χ0) is 8.43. The molecule has 0 radical (unpaired) electrons. The first-order chi connectivity index (χ1) is 5.15. The number of thiazole rings is 1. The molecule has 0 aliphatic heterocycles. The summed E-state index contributed by atoms with van der Waals surface area (Å²) in [5.74, 6) is 0.536. The molecule has 0 aromatic carbocycles. The number of nitrogens with zero attached hydrogens (tertiary/aromatic N) is 1. The van der Waals surface area contributed by atoms with Gasteiger partial charge in [-0.1, -0.05) is 13.8 Å². The Morgan fingerprint density at radius 2 is 2.09 bits per heavy atom. The standard InChI is InChI=1S/C8H14N2S/c1-5(2)7-6(3)11-8(9-4)10-7/h5H,1-4H3,(H,9,10). The first kappa shape index (κ1) is 8.53. The number of anilines is 1. The van der Waals surface area contributed by atoms with Crippen molar-refractivity contribution in [1.82, 2.24) is 4.98 Å². The fraction of sp³-hybridized carbons (Fsp3) is 0.625. The fourth-order valence-corrected chi connectivity index (χ4v) is 1.97. The average Bonchev–Trinajstić information content (AvgIpc) is 2.30. The van der Waals surface area contributed by atoms with E-state index in [4.69, 9.17) is 0 Å². The van der Waals surface area contributed by atoms with Gasteiger partial charge in [-0.2, -0.15) is 0 Å². The third-order valence-corrected chi connectivity index (χ3v) is 2.60. The highest BCUT2D eigenvalue weighted by molar-refractivity contribution is 7.15. The zero-order valence-corrected chi connectivity index (χ0v) is 8.25. The molecule has 0 amide bonds. The van der Waals surface area contributed by atoms with E-state index in [0.29, 0.717) is 5.92 Å². The molecule has 1 heterocycles. The van der Waals surface area contributed by atoms with Gasteiger partial charge in [-0.15, -0.1) is 11.3 Å². The molecule has 1 N–H and O–H groups in total. The number of hydrogen-bond donors (Lipinski definition) is 1. The minimum absolute atomic E-state index is 0.536. The molecule has 1 aromatic rings. The van der Waals surface area contributed by atoms with Crippen LogP contribution in [0, 0.1) is 6.92 Å². The Balaban J connectivity index is 2.97. The fourth-order valence-electron chi connectivity index (χ4n) is 1.05. The summed E-state index contributed by atoms with van der Waals surface area (Å²) in [4.78, 5) is 5.76. The van der Waals surface area contributed by atoms with E-state index >= 15 is 0 Å². The largest absolute Gasteiger partial charge is 0.365 e. The Morgan fingerprint density at radius 3 is 2.36 bits per heavy atom. The molecule has 0 fully saturated rings. The van der Waals surface area contributed by atoms with Crippen LogP contribution in [0.25, 0.3) is 0 Å². The third kappa shape index (κ3) is 1.71. The van der Waals surface area contributed by atoms with E-state index in [0.717, 1.165) is 5.13 Å². The minimum atomic E-state index is 0.536. The van der Waals surface area contributed by atoms with Crippen LogP contribution in [0.1, 0.15) is 30.3 Å². The van der Waals surface area contributed by atoms with Gasteiger partial charge in [0, 0.05) is 11.9 Å². The second kappa shape index (κ2) is 3.22. The normalized spacial score (nSPS) is 10.6. The second-order valence-corrected chi connectivity index (χ2v) is 4.07. The van der Waals surface area contributed by atoms with Crippen molar-refractivity contribution in [3.63, 3.8) is 0 Å². The Morgan fingerprint density at radius 1 is 1.45 bits per heavy atom. The van der Waals surface area contributed by atoms with Crippen LogP contribution >= 0.6 is 11.3 Å². The first-order valence-electron chi connectivity index (χ1n) is 3.80. The molecule has 0 saturated heterocycles. The number of rotatable bonds is 2. The lowest BCUT2D eigenvalue weighted by Gasteiger charge is -1.99. The smallest absolute Gasteiger partial charge is 0.182 e. The molecule has 62 valence electrons. The molecular weight excluding hydrogens is 156 g/mol. The summed E-state index contributed by atoms with van der Waals surface area (Å²) in [6.45, 7) is 6.46. The van der Waals surface area contributed by atoms with E-state index in [2.05, 4.69) is 31.1 Å². The Labute approximate surface area is 71.7 Å². The number of hydrogen-bond acceptors (Lipinski definition) is 3. The van der Waals surface area contributed by atoms with Crippen molar-refractivity contribution in [3.8, 4) is 0 Å². The quantitative estimate of drug-likeness (QED) is 0.738. The van der Waals surface area contributed by atoms with Gasteiger partial charge in [0.05, 0.1) is 5.69 Å². The van der Waals surface area contributed by atoms with Gasteiger partial charge in [-0.3, -0.25) is 0 Å². The Kier molecular flexibility index (Phi) is 2.49. The van der Waals surface area contributed by atoms with E-state index in [9.17, 15) is 0 Å². The van der Waals surface area contributed by atoms with E-state index in [1.807, 2.05) is 7.05 Å². The van der Waals surface area contributed by atoms with Crippen molar-refractivity contribution in [1.29, 1.82) is 0 Å². The molecule has 3 heteroatoms. The van der Waals surface area contributed by atoms with E-state index in [1.165, 1.54) is 10.6 Å². The van der Waals surface area contributed by atoms with Crippen molar-refractivity contribution < 1.29 is 0 Å². The molecule has 0 saturated carbocycles. The van der Waals surface area contributed by atoms with Gasteiger partial charge in [-0.05, 0) is 12.8 Å². The van der Waals surface area contributed by atoms with Gasteiger partial charge in [0.25, 0.3) is 0 Å². The van der Waals surface area contributed by atoms with Crippen LogP contribution < -0.4 is 5.32 Å². The SMILES string of the molecule is CNc1nc(C(C)C)c(C)s1. The molecule has 0 aliphatic carbocycles. The summed E-state index contributed by atoms with van der Waals surface area (Å²) in [6.07, 6.45) is 0. The monoisotopic (exact) mass is 170 g/mol. The zero-order valence-electron chi connectivity index (χ0n) is 7.43. The van der Waals surface area contributed by atoms with Gasteiger partial charge < -0.3 is 5.32 Å². The predicted octanol–water partition coefficient (Wildman–Crippen LogP) is 2.62. The van der Waals surface area contributed by atoms with Crippen LogP contribution in [-0.2, 0) is 0 Å². The topological polar surface area (TPSA) is 24.9 Å². The summed E-state index contributed by atoms with van der Waals surface area (Å²) < 4.78 is 0. The van der Waals surface area contributed by atoms with Crippen LogP contribution in [0.4, 0.5) is 5.13 Å². The van der Waals surface area contributed by atoms with Crippen molar-refractivity contribution in [2.45, 2.75) is 26.7 Å². The van der Waals surface area contributed by atoms with Crippen molar-refractivity contribution >= 4 is 16.5 Å². The first-order valence-corrected chi connectivity index (χ1v) is 4.62. The van der Waals surface area contributed by atoms with Crippen LogP contribution in [-0.4, -0.2) is 12.0 Å². The molecule has 0 unspecified atom stereocenters. The van der Waals surface area contributed by atoms with Gasteiger partial charge in [0.2, 0.25) is 0 Å². The van der Waals surface area contributed by atoms with Gasteiger partial charge in [-0.25, -0.2) is 4.98 Å². The Hall–Kier alpha value is -0.570. The lowest BCUT2D eigenvalue weighted by molar-refractivity contribution is 0.825. The number of nitrogens with one attached hydrogen (secondary N) is 1. The van der Waals surface area contributed by atoms with Gasteiger partial charge in [0.1, 0.15) is 0 Å². The molecule has 1 rings (SSSR count). The van der Waals surface area contributed by atoms with Crippen LogP contribution in [0.3, 0.4) is 0 Å². The highest BCUT2D eigenvalue weighted by atomic mass is 32.1. The molecular formula is C8H14N2S. The molecule has 1 aromatic heterocycles. The average molecular weight is 170 g/mol. The summed E-state index contributed by atoms with van der Waals surface area (Å²) in [7, 11) is 1.91. The molecule has 2 nitrogen and oxygen atoms in total. The summed E-state index contributed by atoms with van der Waals surface area (Å²) in [5, 5.41) is 4.07. The van der Waals surface area contributed by atoms with E-state index < -0.39 is 0 Å². The molecule has 0 aliphatic rings.